The molecule has 37 heavy (non-hydrogen) atoms. The van der Waals surface area contributed by atoms with E-state index in [1.165, 1.54) is 0 Å². The fourth-order valence-electron chi connectivity index (χ4n) is 4.90. The number of anilines is 2. The van der Waals surface area contributed by atoms with Crippen LogP contribution in [-0.4, -0.2) is 55.9 Å². The van der Waals surface area contributed by atoms with Crippen molar-refractivity contribution >= 4 is 17.7 Å². The number of aromatic nitrogens is 4. The molecule has 1 saturated heterocycles. The maximum atomic E-state index is 12.8. The molecule has 0 aliphatic carbocycles. The minimum Gasteiger partial charge on any atom is -0.444 e. The number of fused-ring (bicyclic) bond motifs is 1. The van der Waals surface area contributed by atoms with E-state index in [1.54, 1.807) is 11.1 Å². The second-order valence-electron chi connectivity index (χ2n) is 10.8. The van der Waals surface area contributed by atoms with Crippen LogP contribution in [0.3, 0.4) is 0 Å². The lowest BCUT2D eigenvalue weighted by Gasteiger charge is -2.32. The standard InChI is InChI=1S/C28H36N6O3/c1-19-29-12-14-34(19)22-7-5-21(6-8-22)30-26-31-24-9-13-33(27(35)37-28(2,3)4)18-23(24)25(32-26)17-20-10-15-36-16-11-20/h5-8,12,14,20H,9-11,13,15-18H2,1-4H3,(H,30,31,32). The molecule has 2 aliphatic rings. The van der Waals surface area contributed by atoms with E-state index in [1.807, 2.05) is 50.6 Å². The SMILES string of the molecule is Cc1nccn1-c1ccc(Nc2nc3c(c(CC4CCOCC4)n2)CN(C(=O)OC(C)(C)C)CC3)cc1. The van der Waals surface area contributed by atoms with Crippen molar-refractivity contribution in [2.75, 3.05) is 25.1 Å². The van der Waals surface area contributed by atoms with Gasteiger partial charge >= 0.3 is 6.09 Å². The number of ether oxygens (including phenoxy) is 2. The first-order chi connectivity index (χ1) is 17.7. The van der Waals surface area contributed by atoms with Crippen molar-refractivity contribution in [1.29, 1.82) is 0 Å². The number of nitrogens with one attached hydrogen (secondary N) is 1. The lowest BCUT2D eigenvalue weighted by molar-refractivity contribution is 0.0221. The second-order valence-corrected chi connectivity index (χ2v) is 10.8. The number of carbonyl (C=O) groups is 1. The molecule has 2 aliphatic heterocycles. The Morgan fingerprint density at radius 3 is 2.59 bits per heavy atom. The van der Waals surface area contributed by atoms with Gasteiger partial charge in [0, 0.05) is 55.5 Å². The van der Waals surface area contributed by atoms with Crippen molar-refractivity contribution in [2.45, 2.75) is 65.5 Å². The Morgan fingerprint density at radius 1 is 1.16 bits per heavy atom. The smallest absolute Gasteiger partial charge is 0.410 e. The number of amides is 1. The Bertz CT molecular complexity index is 1240. The van der Waals surface area contributed by atoms with E-state index in [-0.39, 0.29) is 6.09 Å². The third-order valence-electron chi connectivity index (χ3n) is 6.85. The summed E-state index contributed by atoms with van der Waals surface area (Å²) in [4.78, 5) is 28.7. The first kappa shape index (κ1) is 25.2. The first-order valence-corrected chi connectivity index (χ1v) is 13.1. The summed E-state index contributed by atoms with van der Waals surface area (Å²) in [6.07, 6.45) is 7.03. The third-order valence-corrected chi connectivity index (χ3v) is 6.85. The van der Waals surface area contributed by atoms with Gasteiger partial charge in [0.25, 0.3) is 0 Å². The van der Waals surface area contributed by atoms with Crippen molar-refractivity contribution in [3.8, 4) is 5.69 Å². The predicted molar refractivity (Wildman–Crippen MR) is 141 cm³/mol. The predicted octanol–water partition coefficient (Wildman–Crippen LogP) is 4.98. The van der Waals surface area contributed by atoms with Gasteiger partial charge in [0.2, 0.25) is 5.95 Å². The third kappa shape index (κ3) is 6.10. The molecule has 1 aromatic carbocycles. The van der Waals surface area contributed by atoms with Crippen molar-refractivity contribution in [3.63, 3.8) is 0 Å². The number of hydrogen-bond donors (Lipinski definition) is 1. The van der Waals surface area contributed by atoms with Gasteiger partial charge in [0.15, 0.2) is 0 Å². The lowest BCUT2D eigenvalue weighted by atomic mass is 9.91. The summed E-state index contributed by atoms with van der Waals surface area (Å²) in [7, 11) is 0. The number of aryl methyl sites for hydroxylation is 1. The Hall–Kier alpha value is -3.46. The molecule has 4 heterocycles. The number of hydrogen-bond acceptors (Lipinski definition) is 7. The van der Waals surface area contributed by atoms with Crippen molar-refractivity contribution in [3.05, 3.63) is 59.4 Å². The van der Waals surface area contributed by atoms with Crippen LogP contribution < -0.4 is 5.32 Å². The minimum absolute atomic E-state index is 0.286. The highest BCUT2D eigenvalue weighted by molar-refractivity contribution is 5.69. The summed E-state index contributed by atoms with van der Waals surface area (Å²) in [6, 6.07) is 8.16. The highest BCUT2D eigenvalue weighted by Gasteiger charge is 2.29. The first-order valence-electron chi connectivity index (χ1n) is 13.1. The number of imidazole rings is 1. The van der Waals surface area contributed by atoms with Crippen molar-refractivity contribution < 1.29 is 14.3 Å². The molecule has 3 aromatic rings. The molecule has 0 atom stereocenters. The molecule has 1 amide bonds. The fourth-order valence-corrected chi connectivity index (χ4v) is 4.90. The summed E-state index contributed by atoms with van der Waals surface area (Å²) in [5.41, 5.74) is 4.51. The number of rotatable bonds is 5. The monoisotopic (exact) mass is 504 g/mol. The van der Waals surface area contributed by atoms with Gasteiger partial charge in [0.05, 0.1) is 17.9 Å². The summed E-state index contributed by atoms with van der Waals surface area (Å²) in [5, 5.41) is 3.41. The van der Waals surface area contributed by atoms with Crippen LogP contribution in [0.1, 0.15) is 56.4 Å². The van der Waals surface area contributed by atoms with Gasteiger partial charge in [0.1, 0.15) is 11.4 Å². The zero-order valence-electron chi connectivity index (χ0n) is 22.2. The number of benzene rings is 1. The highest BCUT2D eigenvalue weighted by Crippen LogP contribution is 2.29. The van der Waals surface area contributed by atoms with Crippen LogP contribution in [0.4, 0.5) is 16.4 Å². The Morgan fingerprint density at radius 2 is 1.92 bits per heavy atom. The van der Waals surface area contributed by atoms with Gasteiger partial charge in [-0.15, -0.1) is 0 Å². The molecule has 196 valence electrons. The Balaban J connectivity index is 1.39. The van der Waals surface area contributed by atoms with Crippen LogP contribution in [0.15, 0.2) is 36.7 Å². The van der Waals surface area contributed by atoms with Crippen LogP contribution in [0.2, 0.25) is 0 Å². The molecule has 0 radical (unpaired) electrons. The molecule has 0 unspecified atom stereocenters. The average Bonchev–Trinajstić information content (AvgIpc) is 3.30. The quantitative estimate of drug-likeness (QED) is 0.524. The highest BCUT2D eigenvalue weighted by atomic mass is 16.6. The molecule has 0 saturated carbocycles. The lowest BCUT2D eigenvalue weighted by Crippen LogP contribution is -2.40. The summed E-state index contributed by atoms with van der Waals surface area (Å²) in [5.74, 6) is 2.05. The van der Waals surface area contributed by atoms with Crippen LogP contribution in [0.5, 0.6) is 0 Å². The van der Waals surface area contributed by atoms with Crippen LogP contribution in [0, 0.1) is 12.8 Å². The average molecular weight is 505 g/mol. The summed E-state index contributed by atoms with van der Waals surface area (Å²) >= 11 is 0. The van der Waals surface area contributed by atoms with E-state index in [2.05, 4.69) is 22.4 Å². The maximum Gasteiger partial charge on any atom is 0.410 e. The van der Waals surface area contributed by atoms with E-state index in [0.29, 0.717) is 31.4 Å². The molecule has 0 bridgehead atoms. The molecular formula is C28H36N6O3. The zero-order valence-corrected chi connectivity index (χ0v) is 22.2. The van der Waals surface area contributed by atoms with E-state index in [9.17, 15) is 4.79 Å². The molecule has 5 rings (SSSR count). The maximum absolute atomic E-state index is 12.8. The summed E-state index contributed by atoms with van der Waals surface area (Å²) in [6.45, 7) is 10.3. The van der Waals surface area contributed by atoms with Gasteiger partial charge in [-0.3, -0.25) is 0 Å². The Labute approximate surface area is 218 Å². The zero-order chi connectivity index (χ0) is 26.0. The number of carbonyl (C=O) groups excluding carboxylic acids is 1. The van der Waals surface area contributed by atoms with Gasteiger partial charge in [-0.25, -0.2) is 19.7 Å². The number of nitrogens with zero attached hydrogens (tertiary/aromatic N) is 5. The van der Waals surface area contributed by atoms with E-state index in [4.69, 9.17) is 19.4 Å². The molecule has 1 N–H and O–H groups in total. The second kappa shape index (κ2) is 10.5. The van der Waals surface area contributed by atoms with Gasteiger partial charge in [-0.2, -0.15) is 0 Å². The molecular weight excluding hydrogens is 468 g/mol. The van der Waals surface area contributed by atoms with E-state index < -0.39 is 5.60 Å². The minimum atomic E-state index is -0.529. The molecule has 9 nitrogen and oxygen atoms in total. The van der Waals surface area contributed by atoms with Crippen LogP contribution >= 0.6 is 0 Å². The van der Waals surface area contributed by atoms with Crippen LogP contribution in [0.25, 0.3) is 5.69 Å². The van der Waals surface area contributed by atoms with Gasteiger partial charge in [-0.1, -0.05) is 0 Å². The van der Waals surface area contributed by atoms with Crippen LogP contribution in [-0.2, 0) is 28.9 Å². The van der Waals surface area contributed by atoms with E-state index >= 15 is 0 Å². The summed E-state index contributed by atoms with van der Waals surface area (Å²) < 4.78 is 13.3. The molecule has 1 fully saturated rings. The largest absolute Gasteiger partial charge is 0.444 e. The van der Waals surface area contributed by atoms with Crippen molar-refractivity contribution in [2.24, 2.45) is 5.92 Å². The Kier molecular flexibility index (Phi) is 7.15. The van der Waals surface area contributed by atoms with Gasteiger partial charge < -0.3 is 24.3 Å². The normalized spacial score (nSPS) is 16.4. The molecule has 9 heteroatoms. The van der Waals surface area contributed by atoms with E-state index in [0.717, 1.165) is 66.6 Å². The topological polar surface area (TPSA) is 94.4 Å². The van der Waals surface area contributed by atoms with Crippen molar-refractivity contribution in [1.82, 2.24) is 24.4 Å². The fraction of sp³-hybridized carbons (Fsp3) is 0.500. The molecule has 0 spiro atoms. The van der Waals surface area contributed by atoms with Gasteiger partial charge in [-0.05, 0) is 77.1 Å². The molecule has 2 aromatic heterocycles.